The third-order valence-electron chi connectivity index (χ3n) is 3.24. The molecule has 0 unspecified atom stereocenters. The number of nitro groups is 1. The molecule has 1 N–H and O–H groups in total. The largest absolute Gasteiger partial charge is 0.496 e. The summed E-state index contributed by atoms with van der Waals surface area (Å²) in [4.78, 5) is 10.2. The second-order valence-corrected chi connectivity index (χ2v) is 4.66. The van der Waals surface area contributed by atoms with Crippen LogP contribution >= 0.6 is 0 Å². The Morgan fingerprint density at radius 3 is 2.52 bits per heavy atom. The van der Waals surface area contributed by atoms with Gasteiger partial charge in [-0.3, -0.25) is 10.1 Å². The minimum atomic E-state index is -0.390. The highest BCUT2D eigenvalue weighted by Crippen LogP contribution is 2.17. The summed E-state index contributed by atoms with van der Waals surface area (Å²) >= 11 is 0. The lowest BCUT2D eigenvalue weighted by atomic mass is 10.1. The lowest BCUT2D eigenvalue weighted by Crippen LogP contribution is -2.16. The fraction of sp³-hybridized carbons (Fsp3) is 0.250. The van der Waals surface area contributed by atoms with E-state index in [9.17, 15) is 10.1 Å². The molecule has 0 fully saturated rings. The van der Waals surface area contributed by atoms with E-state index in [1.54, 1.807) is 19.2 Å². The van der Waals surface area contributed by atoms with E-state index in [1.165, 1.54) is 12.1 Å². The lowest BCUT2D eigenvalue weighted by molar-refractivity contribution is -0.384. The Morgan fingerprint density at radius 2 is 1.86 bits per heavy atom. The van der Waals surface area contributed by atoms with Gasteiger partial charge in [0.05, 0.1) is 12.0 Å². The Morgan fingerprint density at radius 1 is 1.14 bits per heavy atom. The van der Waals surface area contributed by atoms with Gasteiger partial charge in [0.25, 0.3) is 5.69 Å². The molecule has 5 nitrogen and oxygen atoms in total. The SMILES string of the molecule is COc1ccccc1CCNCc1ccc([N+](=O)[O-])cc1. The number of non-ortho nitro benzene ring substituents is 1. The smallest absolute Gasteiger partial charge is 0.269 e. The van der Waals surface area contributed by atoms with Gasteiger partial charge in [0, 0.05) is 18.7 Å². The predicted octanol–water partition coefficient (Wildman–Crippen LogP) is 2.94. The van der Waals surface area contributed by atoms with Crippen molar-refractivity contribution >= 4 is 5.69 Å². The van der Waals surface area contributed by atoms with Crippen LogP contribution in [0.5, 0.6) is 5.75 Å². The minimum absolute atomic E-state index is 0.118. The number of benzene rings is 2. The van der Waals surface area contributed by atoms with Gasteiger partial charge in [-0.25, -0.2) is 0 Å². The molecule has 0 saturated carbocycles. The van der Waals surface area contributed by atoms with Gasteiger partial charge in [-0.05, 0) is 30.2 Å². The molecule has 0 heterocycles. The van der Waals surface area contributed by atoms with Crippen LogP contribution in [0.2, 0.25) is 0 Å². The second kappa shape index (κ2) is 7.40. The van der Waals surface area contributed by atoms with Crippen molar-refractivity contribution < 1.29 is 9.66 Å². The molecule has 0 aliphatic rings. The van der Waals surface area contributed by atoms with Crippen LogP contribution in [-0.2, 0) is 13.0 Å². The molecule has 0 amide bonds. The molecule has 0 spiro atoms. The van der Waals surface area contributed by atoms with Crippen LogP contribution in [0, 0.1) is 10.1 Å². The number of para-hydroxylation sites is 1. The van der Waals surface area contributed by atoms with E-state index in [0.29, 0.717) is 6.54 Å². The van der Waals surface area contributed by atoms with E-state index in [1.807, 2.05) is 24.3 Å². The van der Waals surface area contributed by atoms with Gasteiger partial charge in [0.2, 0.25) is 0 Å². The van der Waals surface area contributed by atoms with Crippen LogP contribution in [0.15, 0.2) is 48.5 Å². The van der Waals surface area contributed by atoms with E-state index < -0.39 is 0 Å². The summed E-state index contributed by atoms with van der Waals surface area (Å²) in [5.74, 6) is 0.898. The van der Waals surface area contributed by atoms with Gasteiger partial charge >= 0.3 is 0 Å². The minimum Gasteiger partial charge on any atom is -0.496 e. The fourth-order valence-corrected chi connectivity index (χ4v) is 2.10. The van der Waals surface area contributed by atoms with Crippen molar-refractivity contribution in [2.45, 2.75) is 13.0 Å². The number of hydrogen-bond donors (Lipinski definition) is 1. The first kappa shape index (κ1) is 15.0. The number of nitrogens with zero attached hydrogens (tertiary/aromatic N) is 1. The summed E-state index contributed by atoms with van der Waals surface area (Å²) in [5.41, 5.74) is 2.31. The van der Waals surface area contributed by atoms with Crippen LogP contribution in [0.1, 0.15) is 11.1 Å². The maximum atomic E-state index is 10.6. The van der Waals surface area contributed by atoms with Crippen LogP contribution in [0.4, 0.5) is 5.69 Å². The highest BCUT2D eigenvalue weighted by molar-refractivity contribution is 5.34. The first-order valence-corrected chi connectivity index (χ1v) is 6.76. The normalized spacial score (nSPS) is 10.3. The first-order chi connectivity index (χ1) is 10.2. The second-order valence-electron chi connectivity index (χ2n) is 4.66. The Bertz CT molecular complexity index is 597. The molecular formula is C16H18N2O3. The molecule has 0 bridgehead atoms. The Balaban J connectivity index is 1.80. The molecule has 0 saturated heterocycles. The summed E-state index contributed by atoms with van der Waals surface area (Å²) in [5, 5.41) is 13.9. The molecule has 0 atom stereocenters. The van der Waals surface area contributed by atoms with E-state index >= 15 is 0 Å². The topological polar surface area (TPSA) is 64.4 Å². The monoisotopic (exact) mass is 286 g/mol. The van der Waals surface area contributed by atoms with E-state index in [2.05, 4.69) is 5.32 Å². The molecule has 2 aromatic carbocycles. The first-order valence-electron chi connectivity index (χ1n) is 6.76. The average molecular weight is 286 g/mol. The van der Waals surface area contributed by atoms with Crippen molar-refractivity contribution in [1.82, 2.24) is 5.32 Å². The van der Waals surface area contributed by atoms with Gasteiger partial charge in [0.15, 0.2) is 0 Å². The zero-order valence-electron chi connectivity index (χ0n) is 11.9. The quantitative estimate of drug-likeness (QED) is 0.483. The summed E-state index contributed by atoms with van der Waals surface area (Å²) in [6, 6.07) is 14.5. The van der Waals surface area contributed by atoms with Gasteiger partial charge in [-0.2, -0.15) is 0 Å². The van der Waals surface area contributed by atoms with E-state index in [0.717, 1.165) is 29.8 Å². The fourth-order valence-electron chi connectivity index (χ4n) is 2.10. The molecule has 2 rings (SSSR count). The summed E-state index contributed by atoms with van der Waals surface area (Å²) in [6.07, 6.45) is 0.872. The number of methoxy groups -OCH3 is 1. The average Bonchev–Trinajstić information content (AvgIpc) is 2.52. The van der Waals surface area contributed by atoms with Crippen molar-refractivity contribution in [1.29, 1.82) is 0 Å². The van der Waals surface area contributed by atoms with Gasteiger partial charge in [-0.1, -0.05) is 30.3 Å². The molecule has 110 valence electrons. The molecule has 0 aromatic heterocycles. The Hall–Kier alpha value is -2.40. The number of nitrogens with one attached hydrogen (secondary N) is 1. The zero-order valence-corrected chi connectivity index (χ0v) is 11.9. The van der Waals surface area contributed by atoms with E-state index in [4.69, 9.17) is 4.74 Å². The molecule has 5 heteroatoms. The highest BCUT2D eigenvalue weighted by atomic mass is 16.6. The summed E-state index contributed by atoms with van der Waals surface area (Å²) in [6.45, 7) is 1.50. The number of nitro benzene ring substituents is 1. The van der Waals surface area contributed by atoms with Gasteiger partial charge in [0.1, 0.15) is 5.75 Å². The molecule has 21 heavy (non-hydrogen) atoms. The Kier molecular flexibility index (Phi) is 5.29. The van der Waals surface area contributed by atoms with Crippen LogP contribution in [0.3, 0.4) is 0 Å². The number of ether oxygens (including phenoxy) is 1. The predicted molar refractivity (Wildman–Crippen MR) is 81.5 cm³/mol. The van der Waals surface area contributed by atoms with E-state index in [-0.39, 0.29) is 10.6 Å². The Labute approximate surface area is 123 Å². The van der Waals surface area contributed by atoms with Crippen LogP contribution < -0.4 is 10.1 Å². The maximum absolute atomic E-state index is 10.6. The molecule has 0 aliphatic carbocycles. The maximum Gasteiger partial charge on any atom is 0.269 e. The highest BCUT2D eigenvalue weighted by Gasteiger charge is 2.04. The summed E-state index contributed by atoms with van der Waals surface area (Å²) < 4.78 is 5.30. The third-order valence-corrected chi connectivity index (χ3v) is 3.24. The molecule has 2 aromatic rings. The summed E-state index contributed by atoms with van der Waals surface area (Å²) in [7, 11) is 1.67. The molecule has 0 aliphatic heterocycles. The van der Waals surface area contributed by atoms with Crippen molar-refractivity contribution in [2.24, 2.45) is 0 Å². The van der Waals surface area contributed by atoms with Crippen molar-refractivity contribution in [3.8, 4) is 5.75 Å². The molecular weight excluding hydrogens is 268 g/mol. The van der Waals surface area contributed by atoms with Crippen LogP contribution in [0.25, 0.3) is 0 Å². The number of rotatable bonds is 7. The number of hydrogen-bond acceptors (Lipinski definition) is 4. The molecule has 0 radical (unpaired) electrons. The van der Waals surface area contributed by atoms with Gasteiger partial charge in [-0.15, -0.1) is 0 Å². The standard InChI is InChI=1S/C16H18N2O3/c1-21-16-5-3-2-4-14(16)10-11-17-12-13-6-8-15(9-7-13)18(19)20/h2-9,17H,10-12H2,1H3. The van der Waals surface area contributed by atoms with Crippen molar-refractivity contribution in [3.63, 3.8) is 0 Å². The van der Waals surface area contributed by atoms with Gasteiger partial charge < -0.3 is 10.1 Å². The lowest BCUT2D eigenvalue weighted by Gasteiger charge is -2.09. The zero-order chi connectivity index (χ0) is 15.1. The van der Waals surface area contributed by atoms with Crippen LogP contribution in [-0.4, -0.2) is 18.6 Å². The third kappa shape index (κ3) is 4.29. The van der Waals surface area contributed by atoms with Crippen molar-refractivity contribution in [3.05, 3.63) is 69.8 Å². The van der Waals surface area contributed by atoms with Crippen molar-refractivity contribution in [2.75, 3.05) is 13.7 Å².